The number of nitrogens with one attached hydrogen (secondary N) is 1. The van der Waals surface area contributed by atoms with E-state index in [4.69, 9.17) is 9.26 Å². The van der Waals surface area contributed by atoms with Crippen molar-refractivity contribution in [3.8, 4) is 0 Å². The molecule has 114 valence electrons. The van der Waals surface area contributed by atoms with Crippen LogP contribution in [0.5, 0.6) is 0 Å². The van der Waals surface area contributed by atoms with Crippen LogP contribution in [0.1, 0.15) is 76.6 Å². The largest absolute Gasteiger partial charge is 0.371 e. The van der Waals surface area contributed by atoms with Gasteiger partial charge in [-0.2, -0.15) is 4.98 Å². The van der Waals surface area contributed by atoms with Crippen LogP contribution in [0.4, 0.5) is 0 Å². The Morgan fingerprint density at radius 2 is 2.05 bits per heavy atom. The number of ether oxygens (including phenoxy) is 1. The predicted octanol–water partition coefficient (Wildman–Crippen LogP) is 3.19. The monoisotopic (exact) mass is 281 g/mol. The Balaban J connectivity index is 1.84. The minimum absolute atomic E-state index is 0.0833. The molecule has 1 N–H and O–H groups in total. The highest BCUT2D eigenvalue weighted by molar-refractivity contribution is 4.98. The summed E-state index contributed by atoms with van der Waals surface area (Å²) in [5, 5.41) is 7.65. The average molecular weight is 281 g/mol. The van der Waals surface area contributed by atoms with E-state index in [0.717, 1.165) is 25.3 Å². The lowest BCUT2D eigenvalue weighted by molar-refractivity contribution is 0.0683. The Bertz CT molecular complexity index is 386. The van der Waals surface area contributed by atoms with Crippen LogP contribution in [0.15, 0.2) is 4.52 Å². The van der Waals surface area contributed by atoms with Gasteiger partial charge in [0.2, 0.25) is 5.89 Å². The van der Waals surface area contributed by atoms with E-state index in [-0.39, 0.29) is 6.10 Å². The van der Waals surface area contributed by atoms with E-state index in [1.807, 2.05) is 13.8 Å². The first-order valence-electron chi connectivity index (χ1n) is 7.93. The number of aromatic nitrogens is 2. The van der Waals surface area contributed by atoms with Crippen LogP contribution in [-0.4, -0.2) is 29.3 Å². The Morgan fingerprint density at radius 1 is 1.30 bits per heavy atom. The molecule has 0 aliphatic heterocycles. The van der Waals surface area contributed by atoms with Crippen molar-refractivity contribution in [1.82, 2.24) is 15.5 Å². The summed E-state index contributed by atoms with van der Waals surface area (Å²) in [5.74, 6) is 1.89. The highest BCUT2D eigenvalue weighted by Gasteiger charge is 2.26. The van der Waals surface area contributed by atoms with E-state index in [1.165, 1.54) is 19.3 Å². The summed E-state index contributed by atoms with van der Waals surface area (Å²) in [4.78, 5) is 4.52. The lowest BCUT2D eigenvalue weighted by Crippen LogP contribution is -2.33. The topological polar surface area (TPSA) is 60.2 Å². The van der Waals surface area contributed by atoms with Gasteiger partial charge in [0.1, 0.15) is 6.10 Å². The molecular weight excluding hydrogens is 254 g/mol. The Hall–Kier alpha value is -0.940. The van der Waals surface area contributed by atoms with Gasteiger partial charge in [0.05, 0.1) is 0 Å². The smallest absolute Gasteiger partial charge is 0.229 e. The van der Waals surface area contributed by atoms with Crippen molar-refractivity contribution in [2.75, 3.05) is 13.2 Å². The molecule has 0 bridgehead atoms. The highest BCUT2D eigenvalue weighted by Crippen LogP contribution is 2.32. The zero-order chi connectivity index (χ0) is 14.4. The summed E-state index contributed by atoms with van der Waals surface area (Å²) in [5.41, 5.74) is 0. The van der Waals surface area contributed by atoms with Gasteiger partial charge in [0.25, 0.3) is 0 Å². The molecule has 5 nitrogen and oxygen atoms in total. The minimum Gasteiger partial charge on any atom is -0.371 e. The Labute approximate surface area is 121 Å². The second-order valence-corrected chi connectivity index (χ2v) is 5.59. The molecule has 1 aliphatic rings. The number of nitrogens with zero attached hydrogens (tertiary/aromatic N) is 2. The van der Waals surface area contributed by atoms with Crippen LogP contribution in [0.2, 0.25) is 0 Å². The van der Waals surface area contributed by atoms with Gasteiger partial charge in [0, 0.05) is 18.6 Å². The van der Waals surface area contributed by atoms with E-state index in [1.54, 1.807) is 0 Å². The van der Waals surface area contributed by atoms with Crippen molar-refractivity contribution in [2.24, 2.45) is 0 Å². The van der Waals surface area contributed by atoms with E-state index < -0.39 is 0 Å². The fourth-order valence-electron chi connectivity index (χ4n) is 2.80. The van der Waals surface area contributed by atoms with Gasteiger partial charge in [-0.05, 0) is 52.5 Å². The van der Waals surface area contributed by atoms with Gasteiger partial charge in [-0.1, -0.05) is 12.1 Å². The van der Waals surface area contributed by atoms with Crippen LogP contribution in [0.25, 0.3) is 0 Å². The first-order chi connectivity index (χ1) is 9.74. The molecular formula is C15H27N3O2. The number of hydrogen-bond donors (Lipinski definition) is 1. The average Bonchev–Trinajstić information content (AvgIpc) is 2.96. The molecule has 1 fully saturated rings. The number of hydrogen-bond acceptors (Lipinski definition) is 5. The van der Waals surface area contributed by atoms with Crippen molar-refractivity contribution in [1.29, 1.82) is 0 Å². The molecule has 1 aliphatic carbocycles. The van der Waals surface area contributed by atoms with Crippen molar-refractivity contribution in [2.45, 2.75) is 70.9 Å². The molecule has 2 rings (SSSR count). The summed E-state index contributed by atoms with van der Waals surface area (Å²) in [6.07, 6.45) is 5.77. The molecule has 1 saturated carbocycles. The molecule has 1 atom stereocenters. The van der Waals surface area contributed by atoms with Gasteiger partial charge >= 0.3 is 0 Å². The lowest BCUT2D eigenvalue weighted by Gasteiger charge is -2.27. The van der Waals surface area contributed by atoms with E-state index >= 15 is 0 Å². The fraction of sp³-hybridized carbons (Fsp3) is 0.867. The van der Waals surface area contributed by atoms with Crippen LogP contribution < -0.4 is 5.32 Å². The first kappa shape index (κ1) is 15.4. The maximum absolute atomic E-state index is 5.49. The van der Waals surface area contributed by atoms with Gasteiger partial charge in [-0.25, -0.2) is 0 Å². The van der Waals surface area contributed by atoms with Crippen LogP contribution in [0.3, 0.4) is 0 Å². The maximum atomic E-state index is 5.49. The minimum atomic E-state index is -0.0833. The molecule has 0 aromatic carbocycles. The third kappa shape index (κ3) is 4.03. The lowest BCUT2D eigenvalue weighted by atomic mass is 9.86. The number of rotatable bonds is 7. The standard InChI is InChI=1S/C15H27N3O2/c1-4-10-16-13-8-6-12(7-9-13)15-17-14(18-20-15)11(3)19-5-2/h11-13,16H,4-10H2,1-3H3. The molecule has 1 aromatic rings. The molecule has 1 heterocycles. The quantitative estimate of drug-likeness (QED) is 0.831. The van der Waals surface area contributed by atoms with Crippen LogP contribution in [0, 0.1) is 0 Å². The summed E-state index contributed by atoms with van der Waals surface area (Å²) < 4.78 is 10.9. The summed E-state index contributed by atoms with van der Waals surface area (Å²) >= 11 is 0. The van der Waals surface area contributed by atoms with E-state index in [0.29, 0.717) is 24.4 Å². The first-order valence-corrected chi connectivity index (χ1v) is 7.93. The van der Waals surface area contributed by atoms with Crippen molar-refractivity contribution in [3.05, 3.63) is 11.7 Å². The fourth-order valence-corrected chi connectivity index (χ4v) is 2.80. The zero-order valence-electron chi connectivity index (χ0n) is 12.9. The normalized spacial score (nSPS) is 24.8. The molecule has 20 heavy (non-hydrogen) atoms. The van der Waals surface area contributed by atoms with Gasteiger partial charge in [-0.3, -0.25) is 0 Å². The Kier molecular flexibility index (Phi) is 5.98. The molecule has 0 saturated heterocycles. The van der Waals surface area contributed by atoms with Crippen molar-refractivity contribution < 1.29 is 9.26 Å². The van der Waals surface area contributed by atoms with Gasteiger partial charge < -0.3 is 14.6 Å². The highest BCUT2D eigenvalue weighted by atomic mass is 16.5. The van der Waals surface area contributed by atoms with Crippen molar-refractivity contribution in [3.63, 3.8) is 0 Å². The summed E-state index contributed by atoms with van der Waals surface area (Å²) in [7, 11) is 0. The van der Waals surface area contributed by atoms with Crippen LogP contribution in [-0.2, 0) is 4.74 Å². The molecule has 0 amide bonds. The second-order valence-electron chi connectivity index (χ2n) is 5.59. The zero-order valence-corrected chi connectivity index (χ0v) is 12.9. The second kappa shape index (κ2) is 7.74. The predicted molar refractivity (Wildman–Crippen MR) is 77.6 cm³/mol. The van der Waals surface area contributed by atoms with Gasteiger partial charge in [0.15, 0.2) is 5.82 Å². The molecule has 5 heteroatoms. The summed E-state index contributed by atoms with van der Waals surface area (Å²) in [6.45, 7) is 7.93. The maximum Gasteiger partial charge on any atom is 0.229 e. The van der Waals surface area contributed by atoms with Crippen molar-refractivity contribution >= 4 is 0 Å². The van der Waals surface area contributed by atoms with Crippen LogP contribution >= 0.6 is 0 Å². The third-order valence-corrected chi connectivity index (χ3v) is 4.00. The van der Waals surface area contributed by atoms with E-state index in [9.17, 15) is 0 Å². The summed E-state index contributed by atoms with van der Waals surface area (Å²) in [6, 6.07) is 0.663. The molecule has 1 aromatic heterocycles. The molecule has 0 radical (unpaired) electrons. The molecule has 0 spiro atoms. The SMILES string of the molecule is CCCNC1CCC(c2nc(C(C)OCC)no2)CC1. The van der Waals surface area contributed by atoms with Gasteiger partial charge in [-0.15, -0.1) is 0 Å². The Morgan fingerprint density at radius 3 is 2.70 bits per heavy atom. The van der Waals surface area contributed by atoms with E-state index in [2.05, 4.69) is 22.4 Å². The third-order valence-electron chi connectivity index (χ3n) is 4.00. The molecule has 1 unspecified atom stereocenters.